The van der Waals surface area contributed by atoms with Gasteiger partial charge in [-0.05, 0) is 33.6 Å². The zero-order chi connectivity index (χ0) is 14.5. The van der Waals surface area contributed by atoms with E-state index < -0.39 is 34.4 Å². The van der Waals surface area contributed by atoms with Crippen molar-refractivity contribution in [3.8, 4) is 0 Å². The number of aliphatic hydroxyl groups excluding tert-OH is 1. The van der Waals surface area contributed by atoms with Gasteiger partial charge in [-0.1, -0.05) is 13.8 Å². The first-order valence-electron chi connectivity index (χ1n) is 6.27. The summed E-state index contributed by atoms with van der Waals surface area (Å²) < 4.78 is 0. The van der Waals surface area contributed by atoms with Crippen LogP contribution in [0.5, 0.6) is 0 Å². The van der Waals surface area contributed by atoms with E-state index in [4.69, 9.17) is 0 Å². The van der Waals surface area contributed by atoms with Gasteiger partial charge in [0.05, 0.1) is 16.9 Å². The number of hydrogen-bond acceptors (Lipinski definition) is 4. The molecule has 1 N–H and O–H groups in total. The van der Waals surface area contributed by atoms with Crippen LogP contribution in [-0.4, -0.2) is 28.6 Å². The van der Waals surface area contributed by atoms with Crippen molar-refractivity contribution in [3.05, 3.63) is 0 Å². The van der Waals surface area contributed by atoms with Gasteiger partial charge in [0, 0.05) is 0 Å². The molecule has 4 heteroatoms. The maximum Gasteiger partial charge on any atom is 0.158 e. The lowest BCUT2D eigenvalue weighted by molar-refractivity contribution is -0.164. The molecule has 0 bridgehead atoms. The van der Waals surface area contributed by atoms with Crippen molar-refractivity contribution in [1.82, 2.24) is 0 Å². The summed E-state index contributed by atoms with van der Waals surface area (Å²) in [5.41, 5.74) is -2.42. The van der Waals surface area contributed by atoms with E-state index in [1.54, 1.807) is 13.8 Å². The normalized spacial score (nSPS) is 25.7. The van der Waals surface area contributed by atoms with Gasteiger partial charge in [0.1, 0.15) is 5.92 Å². The Kier molecular flexibility index (Phi) is 3.56. The molecule has 1 unspecified atom stereocenters. The van der Waals surface area contributed by atoms with Crippen molar-refractivity contribution in [2.45, 2.75) is 47.6 Å². The minimum Gasteiger partial charge on any atom is -0.392 e. The first kappa shape index (κ1) is 15.0. The fourth-order valence-electron chi connectivity index (χ4n) is 2.60. The van der Waals surface area contributed by atoms with E-state index in [2.05, 4.69) is 0 Å². The van der Waals surface area contributed by atoms with E-state index in [1.165, 1.54) is 27.7 Å². The van der Waals surface area contributed by atoms with Crippen LogP contribution in [0.1, 0.15) is 41.5 Å². The molecule has 4 nitrogen and oxygen atoms in total. The maximum absolute atomic E-state index is 12.3. The minimum absolute atomic E-state index is 0.206. The van der Waals surface area contributed by atoms with Crippen LogP contribution in [0.4, 0.5) is 0 Å². The number of carbonyl (C=O) groups excluding carboxylic acids is 3. The SMILES string of the molecule is CC(C)C(O)C1C(=O)C(C)(C)C(=O)C(C)(C)C1=O. The fraction of sp³-hybridized carbons (Fsp3) is 0.786. The van der Waals surface area contributed by atoms with E-state index in [0.29, 0.717) is 0 Å². The highest BCUT2D eigenvalue weighted by molar-refractivity contribution is 6.28. The summed E-state index contributed by atoms with van der Waals surface area (Å²) in [4.78, 5) is 36.8. The van der Waals surface area contributed by atoms with Gasteiger partial charge in [-0.2, -0.15) is 0 Å². The van der Waals surface area contributed by atoms with Gasteiger partial charge in [0.2, 0.25) is 0 Å². The Balaban J connectivity index is 3.33. The number of rotatable bonds is 2. The van der Waals surface area contributed by atoms with Crippen LogP contribution < -0.4 is 0 Å². The molecule has 0 aromatic carbocycles. The highest BCUT2D eigenvalue weighted by Gasteiger charge is 2.59. The van der Waals surface area contributed by atoms with Crippen LogP contribution in [0, 0.1) is 22.7 Å². The van der Waals surface area contributed by atoms with Gasteiger partial charge in [0.25, 0.3) is 0 Å². The number of Topliss-reactive ketones (excluding diaryl/α,β-unsaturated/α-hetero) is 3. The molecule has 1 fully saturated rings. The highest BCUT2D eigenvalue weighted by atomic mass is 16.3. The van der Waals surface area contributed by atoms with E-state index >= 15 is 0 Å². The van der Waals surface area contributed by atoms with Crippen LogP contribution in [0.2, 0.25) is 0 Å². The van der Waals surface area contributed by atoms with Gasteiger partial charge in [-0.15, -0.1) is 0 Å². The average molecular weight is 254 g/mol. The molecule has 1 aliphatic rings. The monoisotopic (exact) mass is 254 g/mol. The molecule has 0 heterocycles. The molecule has 0 spiro atoms. The fourth-order valence-corrected chi connectivity index (χ4v) is 2.60. The minimum atomic E-state index is -1.21. The first-order valence-corrected chi connectivity index (χ1v) is 6.27. The Morgan fingerprint density at radius 2 is 1.28 bits per heavy atom. The van der Waals surface area contributed by atoms with E-state index in [1.807, 2.05) is 0 Å². The molecule has 0 aromatic rings. The third kappa shape index (κ3) is 1.92. The molecule has 0 radical (unpaired) electrons. The largest absolute Gasteiger partial charge is 0.392 e. The zero-order valence-electron chi connectivity index (χ0n) is 11.9. The van der Waals surface area contributed by atoms with Crippen molar-refractivity contribution >= 4 is 17.3 Å². The van der Waals surface area contributed by atoms with Crippen LogP contribution in [-0.2, 0) is 14.4 Å². The molecule has 0 aromatic heterocycles. The summed E-state index contributed by atoms with van der Waals surface area (Å²) >= 11 is 0. The molecule has 0 aliphatic heterocycles. The molecule has 18 heavy (non-hydrogen) atoms. The van der Waals surface area contributed by atoms with Crippen LogP contribution in [0.25, 0.3) is 0 Å². The summed E-state index contributed by atoms with van der Waals surface area (Å²) in [7, 11) is 0. The summed E-state index contributed by atoms with van der Waals surface area (Å²) in [6, 6.07) is 0. The summed E-state index contributed by atoms with van der Waals surface area (Å²) in [6.07, 6.45) is -1.03. The molecule has 1 aliphatic carbocycles. The van der Waals surface area contributed by atoms with Crippen LogP contribution in [0.3, 0.4) is 0 Å². The molecule has 0 amide bonds. The van der Waals surface area contributed by atoms with Crippen LogP contribution >= 0.6 is 0 Å². The van der Waals surface area contributed by atoms with E-state index in [-0.39, 0.29) is 11.7 Å². The topological polar surface area (TPSA) is 71.4 Å². The summed E-state index contributed by atoms with van der Waals surface area (Å²) in [5.74, 6) is -2.58. The predicted molar refractivity (Wildman–Crippen MR) is 66.9 cm³/mol. The van der Waals surface area contributed by atoms with Crippen molar-refractivity contribution < 1.29 is 19.5 Å². The van der Waals surface area contributed by atoms with Crippen molar-refractivity contribution in [3.63, 3.8) is 0 Å². The molecule has 1 atom stereocenters. The standard InChI is InChI=1S/C14H22O4/c1-7(2)9(15)8-10(16)13(3,4)12(18)14(5,6)11(8)17/h7-9,15H,1-6H3. The third-order valence-corrected chi connectivity index (χ3v) is 3.96. The average Bonchev–Trinajstić information content (AvgIpc) is 2.25. The van der Waals surface area contributed by atoms with Gasteiger partial charge in [0.15, 0.2) is 17.3 Å². The molecular formula is C14H22O4. The summed E-state index contributed by atoms with van der Waals surface area (Å²) in [6.45, 7) is 9.64. The Bertz CT molecular complexity index is 374. The first-order chi connectivity index (χ1) is 7.95. The molecular weight excluding hydrogens is 232 g/mol. The Labute approximate surface area is 108 Å². The van der Waals surface area contributed by atoms with Crippen molar-refractivity contribution in [2.75, 3.05) is 0 Å². The number of ketones is 3. The molecule has 1 rings (SSSR count). The number of carbonyl (C=O) groups is 3. The summed E-state index contributed by atoms with van der Waals surface area (Å²) in [5, 5.41) is 10.1. The second-order valence-electron chi connectivity index (χ2n) is 6.52. The maximum atomic E-state index is 12.3. The Morgan fingerprint density at radius 1 is 0.944 bits per heavy atom. The molecule has 102 valence electrons. The van der Waals surface area contributed by atoms with Crippen molar-refractivity contribution in [1.29, 1.82) is 0 Å². The second kappa shape index (κ2) is 4.26. The second-order valence-corrected chi connectivity index (χ2v) is 6.52. The quantitative estimate of drug-likeness (QED) is 0.756. The van der Waals surface area contributed by atoms with Crippen LogP contribution in [0.15, 0.2) is 0 Å². The molecule has 1 saturated carbocycles. The van der Waals surface area contributed by atoms with Gasteiger partial charge < -0.3 is 5.11 Å². The lowest BCUT2D eigenvalue weighted by Gasteiger charge is -2.42. The lowest BCUT2D eigenvalue weighted by atomic mass is 9.57. The Hall–Kier alpha value is -1.03. The van der Waals surface area contributed by atoms with E-state index in [0.717, 1.165) is 0 Å². The Morgan fingerprint density at radius 3 is 1.56 bits per heavy atom. The predicted octanol–water partition coefficient (Wildman–Crippen LogP) is 1.39. The number of hydrogen-bond donors (Lipinski definition) is 1. The lowest BCUT2D eigenvalue weighted by Crippen LogP contribution is -2.60. The van der Waals surface area contributed by atoms with Gasteiger partial charge in [-0.3, -0.25) is 14.4 Å². The smallest absolute Gasteiger partial charge is 0.158 e. The van der Waals surface area contributed by atoms with E-state index in [9.17, 15) is 19.5 Å². The van der Waals surface area contributed by atoms with Gasteiger partial charge >= 0.3 is 0 Å². The van der Waals surface area contributed by atoms with Gasteiger partial charge in [-0.25, -0.2) is 0 Å². The number of aliphatic hydroxyl groups is 1. The zero-order valence-corrected chi connectivity index (χ0v) is 11.9. The highest BCUT2D eigenvalue weighted by Crippen LogP contribution is 2.42. The van der Waals surface area contributed by atoms with Crippen molar-refractivity contribution in [2.24, 2.45) is 22.7 Å². The molecule has 0 saturated heterocycles. The third-order valence-electron chi connectivity index (χ3n) is 3.96.